The van der Waals surface area contributed by atoms with Gasteiger partial charge >= 0.3 is 0 Å². The molecular weight excluding hydrogens is 240 g/mol. The summed E-state index contributed by atoms with van der Waals surface area (Å²) in [6.45, 7) is 6.03. The highest BCUT2D eigenvalue weighted by atomic mass is 15.3. The van der Waals surface area contributed by atoms with Gasteiger partial charge in [-0.2, -0.15) is 15.0 Å². The topological polar surface area (TPSA) is 66.0 Å². The van der Waals surface area contributed by atoms with E-state index in [1.54, 1.807) is 0 Å². The molecule has 19 heavy (non-hydrogen) atoms. The Bertz CT molecular complexity index is 416. The third kappa shape index (κ3) is 3.94. The molecule has 1 saturated carbocycles. The highest BCUT2D eigenvalue weighted by Gasteiger charge is 2.27. The summed E-state index contributed by atoms with van der Waals surface area (Å²) in [7, 11) is 3.86. The van der Waals surface area contributed by atoms with Gasteiger partial charge in [-0.1, -0.05) is 6.92 Å². The first-order valence-corrected chi connectivity index (χ1v) is 7.01. The van der Waals surface area contributed by atoms with Crippen molar-refractivity contribution >= 4 is 17.8 Å². The van der Waals surface area contributed by atoms with E-state index in [9.17, 15) is 0 Å². The molecule has 6 heteroatoms. The summed E-state index contributed by atoms with van der Waals surface area (Å²) in [6, 6.07) is 0. The molecule has 0 spiro atoms. The first-order chi connectivity index (χ1) is 9.10. The minimum Gasteiger partial charge on any atom is -0.354 e. The lowest BCUT2D eigenvalue weighted by atomic mass is 10.1. The predicted octanol–water partition coefficient (Wildman–Crippen LogP) is 1.83. The molecule has 0 saturated heterocycles. The van der Waals surface area contributed by atoms with Crippen LogP contribution in [-0.2, 0) is 0 Å². The Labute approximate surface area is 115 Å². The number of rotatable bonds is 7. The number of anilines is 3. The van der Waals surface area contributed by atoms with Crippen molar-refractivity contribution in [3.8, 4) is 0 Å². The van der Waals surface area contributed by atoms with Gasteiger partial charge in [0.2, 0.25) is 17.8 Å². The van der Waals surface area contributed by atoms with Crippen LogP contribution in [0.15, 0.2) is 0 Å². The summed E-state index contributed by atoms with van der Waals surface area (Å²) in [4.78, 5) is 15.0. The SMILES string of the molecule is CCNc1nc(NCC(C)C2CC2)nc(N(C)C)n1. The van der Waals surface area contributed by atoms with Crippen LogP contribution in [0.1, 0.15) is 26.7 Å². The zero-order chi connectivity index (χ0) is 13.8. The molecule has 0 aliphatic heterocycles. The van der Waals surface area contributed by atoms with Crippen molar-refractivity contribution in [2.24, 2.45) is 11.8 Å². The highest BCUT2D eigenvalue weighted by Crippen LogP contribution is 2.36. The molecule has 1 atom stereocenters. The van der Waals surface area contributed by atoms with E-state index in [-0.39, 0.29) is 0 Å². The summed E-state index contributed by atoms with van der Waals surface area (Å²) >= 11 is 0. The van der Waals surface area contributed by atoms with Gasteiger partial charge in [0.05, 0.1) is 0 Å². The minimum absolute atomic E-state index is 0.628. The fraction of sp³-hybridized carbons (Fsp3) is 0.769. The first-order valence-electron chi connectivity index (χ1n) is 7.01. The molecule has 1 aliphatic rings. The maximum Gasteiger partial charge on any atom is 0.231 e. The smallest absolute Gasteiger partial charge is 0.231 e. The fourth-order valence-electron chi connectivity index (χ4n) is 1.97. The van der Waals surface area contributed by atoms with Crippen LogP contribution in [0.4, 0.5) is 17.8 Å². The van der Waals surface area contributed by atoms with Crippen LogP contribution in [0, 0.1) is 11.8 Å². The molecule has 0 aromatic carbocycles. The standard InChI is InChI=1S/C13H24N6/c1-5-14-11-16-12(18-13(17-11)19(3)4)15-8-9(2)10-6-7-10/h9-10H,5-8H2,1-4H3,(H2,14,15,16,17,18). The summed E-state index contributed by atoms with van der Waals surface area (Å²) in [5, 5.41) is 6.47. The molecule has 6 nitrogen and oxygen atoms in total. The molecule has 0 radical (unpaired) electrons. The van der Waals surface area contributed by atoms with Gasteiger partial charge in [-0.25, -0.2) is 0 Å². The number of hydrogen-bond acceptors (Lipinski definition) is 6. The van der Waals surface area contributed by atoms with Crippen LogP contribution in [-0.4, -0.2) is 42.1 Å². The Balaban J connectivity index is 2.04. The predicted molar refractivity (Wildman–Crippen MR) is 78.7 cm³/mol. The quantitative estimate of drug-likeness (QED) is 0.783. The van der Waals surface area contributed by atoms with Crippen LogP contribution in [0.2, 0.25) is 0 Å². The van der Waals surface area contributed by atoms with E-state index < -0.39 is 0 Å². The van der Waals surface area contributed by atoms with Crippen molar-refractivity contribution in [2.45, 2.75) is 26.7 Å². The van der Waals surface area contributed by atoms with Gasteiger partial charge < -0.3 is 15.5 Å². The fourth-order valence-corrected chi connectivity index (χ4v) is 1.97. The Hall–Kier alpha value is -1.59. The van der Waals surface area contributed by atoms with Crippen molar-refractivity contribution in [2.75, 3.05) is 42.7 Å². The molecule has 2 N–H and O–H groups in total. The van der Waals surface area contributed by atoms with E-state index in [1.807, 2.05) is 25.9 Å². The van der Waals surface area contributed by atoms with Crippen molar-refractivity contribution in [1.29, 1.82) is 0 Å². The van der Waals surface area contributed by atoms with Crippen LogP contribution < -0.4 is 15.5 Å². The molecule has 1 unspecified atom stereocenters. The number of hydrogen-bond donors (Lipinski definition) is 2. The van der Waals surface area contributed by atoms with Gasteiger partial charge in [0.15, 0.2) is 0 Å². The summed E-state index contributed by atoms with van der Waals surface area (Å²) < 4.78 is 0. The molecule has 0 bridgehead atoms. The van der Waals surface area contributed by atoms with Crippen LogP contribution in [0.3, 0.4) is 0 Å². The average molecular weight is 264 g/mol. The average Bonchev–Trinajstić information content (AvgIpc) is 3.20. The molecular formula is C13H24N6. The van der Waals surface area contributed by atoms with Crippen LogP contribution in [0.25, 0.3) is 0 Å². The molecule has 1 heterocycles. The lowest BCUT2D eigenvalue weighted by Gasteiger charge is -2.15. The molecule has 1 aromatic heterocycles. The maximum atomic E-state index is 4.42. The first kappa shape index (κ1) is 13.8. The lowest BCUT2D eigenvalue weighted by molar-refractivity contribution is 0.535. The zero-order valence-electron chi connectivity index (χ0n) is 12.3. The lowest BCUT2D eigenvalue weighted by Crippen LogP contribution is -2.19. The van der Waals surface area contributed by atoms with Gasteiger partial charge in [0.25, 0.3) is 0 Å². The molecule has 1 aromatic rings. The van der Waals surface area contributed by atoms with E-state index in [0.29, 0.717) is 23.8 Å². The van der Waals surface area contributed by atoms with E-state index in [4.69, 9.17) is 0 Å². The second kappa shape index (κ2) is 6.04. The van der Waals surface area contributed by atoms with E-state index in [0.717, 1.165) is 19.0 Å². The maximum absolute atomic E-state index is 4.42. The van der Waals surface area contributed by atoms with Gasteiger partial charge in [0.1, 0.15) is 0 Å². The summed E-state index contributed by atoms with van der Waals surface area (Å²) in [5.74, 6) is 3.52. The molecule has 106 valence electrons. The van der Waals surface area contributed by atoms with E-state index >= 15 is 0 Å². The van der Waals surface area contributed by atoms with Crippen LogP contribution >= 0.6 is 0 Å². The van der Waals surface area contributed by atoms with E-state index in [2.05, 4.69) is 32.5 Å². The Morgan fingerprint density at radius 2 is 1.79 bits per heavy atom. The van der Waals surface area contributed by atoms with Gasteiger partial charge in [-0.3, -0.25) is 0 Å². The van der Waals surface area contributed by atoms with Crippen molar-refractivity contribution in [3.05, 3.63) is 0 Å². The molecule has 1 aliphatic carbocycles. The van der Waals surface area contributed by atoms with Gasteiger partial charge in [-0.05, 0) is 31.6 Å². The Morgan fingerprint density at radius 3 is 2.32 bits per heavy atom. The largest absolute Gasteiger partial charge is 0.354 e. The zero-order valence-corrected chi connectivity index (χ0v) is 12.3. The normalized spacial score (nSPS) is 16.0. The number of nitrogens with one attached hydrogen (secondary N) is 2. The summed E-state index contributed by atoms with van der Waals surface area (Å²) in [6.07, 6.45) is 2.73. The minimum atomic E-state index is 0.628. The third-order valence-corrected chi connectivity index (χ3v) is 3.37. The third-order valence-electron chi connectivity index (χ3n) is 3.37. The second-order valence-corrected chi connectivity index (χ2v) is 5.40. The molecule has 1 fully saturated rings. The van der Waals surface area contributed by atoms with Gasteiger partial charge in [0, 0.05) is 27.2 Å². The highest BCUT2D eigenvalue weighted by molar-refractivity contribution is 5.42. The van der Waals surface area contributed by atoms with Crippen molar-refractivity contribution < 1.29 is 0 Å². The molecule has 2 rings (SSSR count). The molecule has 0 amide bonds. The summed E-state index contributed by atoms with van der Waals surface area (Å²) in [5.41, 5.74) is 0. The number of nitrogens with zero attached hydrogens (tertiary/aromatic N) is 4. The van der Waals surface area contributed by atoms with Gasteiger partial charge in [-0.15, -0.1) is 0 Å². The monoisotopic (exact) mass is 264 g/mol. The van der Waals surface area contributed by atoms with Crippen LogP contribution in [0.5, 0.6) is 0 Å². The Morgan fingerprint density at radius 1 is 1.16 bits per heavy atom. The van der Waals surface area contributed by atoms with Crippen molar-refractivity contribution in [3.63, 3.8) is 0 Å². The number of aromatic nitrogens is 3. The van der Waals surface area contributed by atoms with E-state index in [1.165, 1.54) is 12.8 Å². The van der Waals surface area contributed by atoms with Crippen molar-refractivity contribution in [1.82, 2.24) is 15.0 Å². The second-order valence-electron chi connectivity index (χ2n) is 5.40. The Kier molecular flexibility index (Phi) is 4.39.